The molecule has 3 nitrogen and oxygen atoms in total. The minimum absolute atomic E-state index is 0.0492. The van der Waals surface area contributed by atoms with E-state index in [0.29, 0.717) is 0 Å². The van der Waals surface area contributed by atoms with Crippen LogP contribution < -0.4 is 0 Å². The molecule has 4 aliphatic rings. The van der Waals surface area contributed by atoms with Crippen molar-refractivity contribution in [3.63, 3.8) is 0 Å². The van der Waals surface area contributed by atoms with Crippen LogP contribution in [0, 0.1) is 5.92 Å². The Labute approximate surface area is 156 Å². The first-order valence-electron chi connectivity index (χ1n) is 9.54. The van der Waals surface area contributed by atoms with Gasteiger partial charge in [-0.15, -0.1) is 0 Å². The highest BCUT2D eigenvalue weighted by Gasteiger charge is 2.58. The Morgan fingerprint density at radius 2 is 1.19 bits per heavy atom. The average molecular weight is 348 g/mol. The van der Waals surface area contributed by atoms with E-state index in [0.717, 1.165) is 16.9 Å². The van der Waals surface area contributed by atoms with Crippen molar-refractivity contribution in [2.45, 2.75) is 17.8 Å². The van der Waals surface area contributed by atoms with E-state index in [4.69, 9.17) is 4.98 Å². The first-order valence-corrected chi connectivity index (χ1v) is 9.54. The minimum atomic E-state index is -0.0492. The Hall–Kier alpha value is -3.20. The number of nitrogens with zero attached hydrogens (tertiary/aromatic N) is 2. The van der Waals surface area contributed by atoms with Crippen LogP contribution in [-0.2, 0) is 0 Å². The minimum Gasteiger partial charge on any atom is -0.274 e. The molecule has 2 atom stereocenters. The molecule has 3 aromatic carbocycles. The largest absolute Gasteiger partial charge is 0.274 e. The van der Waals surface area contributed by atoms with Gasteiger partial charge < -0.3 is 0 Å². The molecule has 0 saturated carbocycles. The van der Waals surface area contributed by atoms with Gasteiger partial charge in [0, 0.05) is 17.8 Å². The van der Waals surface area contributed by atoms with Gasteiger partial charge in [-0.2, -0.15) is 0 Å². The van der Waals surface area contributed by atoms with Gasteiger partial charge in [-0.1, -0.05) is 60.7 Å². The summed E-state index contributed by atoms with van der Waals surface area (Å²) in [6, 6.07) is 25.4. The van der Waals surface area contributed by atoms with Crippen LogP contribution in [-0.4, -0.2) is 15.5 Å². The molecule has 2 heterocycles. The van der Waals surface area contributed by atoms with Crippen molar-refractivity contribution in [2.24, 2.45) is 5.92 Å². The first-order chi connectivity index (χ1) is 13.3. The molecular formula is C24H16N2O. The van der Waals surface area contributed by atoms with Gasteiger partial charge in [-0.05, 0) is 34.4 Å². The number of benzene rings is 3. The molecule has 3 aliphatic carbocycles. The lowest BCUT2D eigenvalue weighted by Gasteiger charge is -2.46. The van der Waals surface area contributed by atoms with Crippen LogP contribution in [0.4, 0.5) is 0 Å². The van der Waals surface area contributed by atoms with E-state index < -0.39 is 0 Å². The van der Waals surface area contributed by atoms with E-state index in [1.54, 1.807) is 0 Å². The third-order valence-electron chi connectivity index (χ3n) is 6.83. The summed E-state index contributed by atoms with van der Waals surface area (Å²) in [6.45, 7) is 0. The molecule has 128 valence electrons. The first kappa shape index (κ1) is 13.9. The number of carbonyl (C=O) groups excluding carboxylic acids is 1. The van der Waals surface area contributed by atoms with Gasteiger partial charge in [0.25, 0.3) is 0 Å². The lowest BCUT2D eigenvalue weighted by molar-refractivity contribution is 0.0829. The summed E-state index contributed by atoms with van der Waals surface area (Å²) in [6.07, 6.45) is 0. The number of carbonyl (C=O) groups is 1. The van der Waals surface area contributed by atoms with E-state index in [9.17, 15) is 4.79 Å². The molecule has 4 aromatic rings. The van der Waals surface area contributed by atoms with Crippen molar-refractivity contribution in [1.82, 2.24) is 9.55 Å². The van der Waals surface area contributed by atoms with Crippen molar-refractivity contribution < 1.29 is 4.79 Å². The molecule has 8 rings (SSSR count). The molecule has 2 bridgehead atoms. The van der Waals surface area contributed by atoms with E-state index in [1.165, 1.54) is 22.3 Å². The van der Waals surface area contributed by atoms with Crippen molar-refractivity contribution in [2.75, 3.05) is 0 Å². The summed E-state index contributed by atoms with van der Waals surface area (Å²) in [4.78, 5) is 18.6. The van der Waals surface area contributed by atoms with Gasteiger partial charge in [0.15, 0.2) is 0 Å². The molecule has 3 heteroatoms. The zero-order chi connectivity index (χ0) is 17.7. The fourth-order valence-electron chi connectivity index (χ4n) is 5.93. The lowest BCUT2D eigenvalue weighted by Crippen LogP contribution is -2.39. The fraction of sp³-hybridized carbons (Fsp3) is 0.167. The highest BCUT2D eigenvalue weighted by atomic mass is 16.2. The highest BCUT2D eigenvalue weighted by molar-refractivity contribution is 5.97. The molecule has 0 unspecified atom stereocenters. The van der Waals surface area contributed by atoms with Crippen LogP contribution >= 0.6 is 0 Å². The van der Waals surface area contributed by atoms with Gasteiger partial charge in [0.05, 0.1) is 17.0 Å². The normalized spacial score (nSPS) is 26.6. The van der Waals surface area contributed by atoms with Crippen LogP contribution in [0.3, 0.4) is 0 Å². The highest BCUT2D eigenvalue weighted by Crippen LogP contribution is 2.63. The van der Waals surface area contributed by atoms with Crippen molar-refractivity contribution in [3.05, 3.63) is 101 Å². The average Bonchev–Trinajstić information content (AvgIpc) is 3.24. The van der Waals surface area contributed by atoms with Crippen LogP contribution in [0.5, 0.6) is 0 Å². The van der Waals surface area contributed by atoms with Gasteiger partial charge in [0.2, 0.25) is 5.91 Å². The zero-order valence-electron chi connectivity index (χ0n) is 14.5. The maximum atomic E-state index is 13.6. The maximum Gasteiger partial charge on any atom is 0.237 e. The number of rotatable bonds is 0. The Balaban J connectivity index is 1.59. The number of imidazole rings is 1. The van der Waals surface area contributed by atoms with E-state index in [1.807, 2.05) is 28.8 Å². The molecule has 0 fully saturated rings. The molecule has 0 N–H and O–H groups in total. The van der Waals surface area contributed by atoms with Gasteiger partial charge >= 0.3 is 0 Å². The quantitative estimate of drug-likeness (QED) is 0.462. The van der Waals surface area contributed by atoms with Gasteiger partial charge in [-0.3, -0.25) is 9.36 Å². The molecule has 1 aromatic heterocycles. The number of hydrogen-bond donors (Lipinski definition) is 0. The molecule has 0 saturated heterocycles. The second-order valence-corrected chi connectivity index (χ2v) is 7.90. The maximum absolute atomic E-state index is 13.6. The van der Waals surface area contributed by atoms with Crippen LogP contribution in [0.25, 0.3) is 11.0 Å². The van der Waals surface area contributed by atoms with Crippen LogP contribution in [0.1, 0.15) is 50.6 Å². The lowest BCUT2D eigenvalue weighted by atomic mass is 9.55. The number of aromatic nitrogens is 2. The Morgan fingerprint density at radius 3 is 1.81 bits per heavy atom. The van der Waals surface area contributed by atoms with Crippen molar-refractivity contribution in [3.8, 4) is 0 Å². The smallest absolute Gasteiger partial charge is 0.237 e. The predicted octanol–water partition coefficient (Wildman–Crippen LogP) is 4.68. The molecule has 0 spiro atoms. The van der Waals surface area contributed by atoms with Crippen LogP contribution in [0.15, 0.2) is 72.8 Å². The Bertz CT molecular complexity index is 1240. The molecule has 27 heavy (non-hydrogen) atoms. The predicted molar refractivity (Wildman–Crippen MR) is 103 cm³/mol. The van der Waals surface area contributed by atoms with Crippen LogP contribution in [0.2, 0.25) is 0 Å². The summed E-state index contributed by atoms with van der Waals surface area (Å²) in [5.74, 6) is 1.56. The number of para-hydroxylation sites is 2. The summed E-state index contributed by atoms with van der Waals surface area (Å²) in [5, 5.41) is 0. The van der Waals surface area contributed by atoms with Gasteiger partial charge in [0.1, 0.15) is 5.82 Å². The molecule has 0 amide bonds. The summed E-state index contributed by atoms with van der Waals surface area (Å²) >= 11 is 0. The summed E-state index contributed by atoms with van der Waals surface area (Å²) < 4.78 is 1.91. The third kappa shape index (κ3) is 1.47. The van der Waals surface area contributed by atoms with E-state index >= 15 is 0 Å². The molecule has 1 aliphatic heterocycles. The molecule has 0 radical (unpaired) electrons. The number of fused-ring (bicyclic) bond motifs is 3. The van der Waals surface area contributed by atoms with Crippen molar-refractivity contribution in [1.29, 1.82) is 0 Å². The fourth-order valence-corrected chi connectivity index (χ4v) is 5.93. The number of hydrogen-bond acceptors (Lipinski definition) is 2. The van der Waals surface area contributed by atoms with Crippen molar-refractivity contribution >= 4 is 16.9 Å². The second-order valence-electron chi connectivity index (χ2n) is 7.90. The monoisotopic (exact) mass is 348 g/mol. The summed E-state index contributed by atoms with van der Waals surface area (Å²) in [7, 11) is 0. The SMILES string of the molecule is O=C1[C@H]2C3c4ccccc4C(c4ccccc43)[C@@H]2c2nc3ccccc3n21. The Morgan fingerprint density at radius 1 is 0.667 bits per heavy atom. The molecular weight excluding hydrogens is 332 g/mol. The summed E-state index contributed by atoms with van der Waals surface area (Å²) in [5.41, 5.74) is 7.25. The topological polar surface area (TPSA) is 34.9 Å². The third-order valence-corrected chi connectivity index (χ3v) is 6.83. The van der Waals surface area contributed by atoms with E-state index in [2.05, 4.69) is 48.5 Å². The Kier molecular flexibility index (Phi) is 2.35. The van der Waals surface area contributed by atoms with Gasteiger partial charge in [-0.25, -0.2) is 4.98 Å². The standard InChI is InChI=1S/C24H16N2O/c27-24-22-20-15-9-3-1-7-13(15)19(14-8-2-4-10-16(14)20)21(22)23-25-17-11-5-6-12-18(17)26(23)24/h1-12,19-22H/t19?,20?,21-,22-/m0/s1. The zero-order valence-corrected chi connectivity index (χ0v) is 14.5. The van der Waals surface area contributed by atoms with E-state index in [-0.39, 0.29) is 29.6 Å². The second kappa shape index (κ2) is 4.55.